The van der Waals surface area contributed by atoms with Gasteiger partial charge >= 0.3 is 0 Å². The Kier molecular flexibility index (Phi) is 2.47. The molecule has 0 aromatic heterocycles. The summed E-state index contributed by atoms with van der Waals surface area (Å²) in [4.78, 5) is 0. The Labute approximate surface area is 75.7 Å². The maximum atomic E-state index is 5.35. The number of ether oxygens (including phenoxy) is 2. The Bertz CT molecular complexity index is 179. The van der Waals surface area contributed by atoms with Gasteiger partial charge in [-0.3, -0.25) is 0 Å². The van der Waals surface area contributed by atoms with E-state index in [4.69, 9.17) is 9.47 Å². The second kappa shape index (κ2) is 3.05. The van der Waals surface area contributed by atoms with E-state index in [-0.39, 0.29) is 5.41 Å². The van der Waals surface area contributed by atoms with Crippen LogP contribution in [-0.2, 0) is 9.47 Å². The summed E-state index contributed by atoms with van der Waals surface area (Å²) >= 11 is 3.35. The number of halogens is 1. The summed E-state index contributed by atoms with van der Waals surface area (Å²) in [6, 6.07) is 0. The maximum Gasteiger partial charge on any atom is 0.230 e. The molecule has 3 heteroatoms. The molecule has 1 aliphatic heterocycles. The van der Waals surface area contributed by atoms with Crippen LogP contribution in [0.4, 0.5) is 0 Å². The molecule has 0 saturated carbocycles. The average Bonchev–Trinajstić information content (AvgIpc) is 2.31. The Morgan fingerprint density at radius 1 is 1.36 bits per heavy atom. The molecular weight excluding hydrogens is 208 g/mol. The van der Waals surface area contributed by atoms with Crippen LogP contribution in [0.3, 0.4) is 0 Å². The van der Waals surface area contributed by atoms with Crippen LogP contribution in [0.5, 0.6) is 0 Å². The fourth-order valence-corrected chi connectivity index (χ4v) is 1.46. The van der Waals surface area contributed by atoms with Crippen LogP contribution < -0.4 is 0 Å². The van der Waals surface area contributed by atoms with Crippen LogP contribution in [0.25, 0.3) is 0 Å². The van der Waals surface area contributed by atoms with Crippen molar-refractivity contribution in [2.45, 2.75) is 20.8 Å². The zero-order valence-corrected chi connectivity index (χ0v) is 8.69. The fourth-order valence-electron chi connectivity index (χ4n) is 1.04. The van der Waals surface area contributed by atoms with Crippen molar-refractivity contribution in [1.82, 2.24) is 0 Å². The van der Waals surface area contributed by atoms with Crippen molar-refractivity contribution < 1.29 is 9.47 Å². The lowest BCUT2D eigenvalue weighted by molar-refractivity contribution is 0.0571. The molecule has 64 valence electrons. The molecule has 0 fully saturated rings. The molecule has 1 rings (SSSR count). The Hall–Kier alpha value is -0.180. The first-order chi connectivity index (χ1) is 5.05. The summed E-state index contributed by atoms with van der Waals surface area (Å²) in [5, 5.41) is 0.736. The summed E-state index contributed by atoms with van der Waals surface area (Å²) in [7, 11) is 0. The predicted octanol–water partition coefficient (Wildman–Crippen LogP) is 2.64. The lowest BCUT2D eigenvalue weighted by Crippen LogP contribution is -2.11. The molecule has 0 aromatic rings. The van der Waals surface area contributed by atoms with E-state index in [1.165, 1.54) is 0 Å². The average molecular weight is 221 g/mol. The Balaban J connectivity index is 2.83. The molecule has 1 heterocycles. The van der Waals surface area contributed by atoms with Crippen molar-refractivity contribution >= 4 is 15.9 Å². The topological polar surface area (TPSA) is 18.5 Å². The van der Waals surface area contributed by atoms with Crippen molar-refractivity contribution in [2.24, 2.45) is 5.41 Å². The highest BCUT2D eigenvalue weighted by Gasteiger charge is 2.27. The molecule has 0 saturated heterocycles. The van der Waals surface area contributed by atoms with E-state index in [1.54, 1.807) is 0 Å². The monoisotopic (exact) mass is 220 g/mol. The van der Waals surface area contributed by atoms with Gasteiger partial charge in [0.15, 0.2) is 0 Å². The van der Waals surface area contributed by atoms with Gasteiger partial charge in [0, 0.05) is 5.41 Å². The van der Waals surface area contributed by atoms with Gasteiger partial charge in [0.05, 0.1) is 5.33 Å². The molecule has 0 bridgehead atoms. The zero-order chi connectivity index (χ0) is 8.48. The molecule has 0 spiro atoms. The van der Waals surface area contributed by atoms with Gasteiger partial charge in [0.25, 0.3) is 0 Å². The fraction of sp³-hybridized carbons (Fsp3) is 0.750. The molecular formula is C8H13BrO2. The van der Waals surface area contributed by atoms with Gasteiger partial charge in [-0.2, -0.15) is 0 Å². The lowest BCUT2D eigenvalue weighted by atomic mass is 9.93. The van der Waals surface area contributed by atoms with E-state index in [1.807, 2.05) is 0 Å². The smallest absolute Gasteiger partial charge is 0.230 e. The summed E-state index contributed by atoms with van der Waals surface area (Å²) in [5.74, 6) is 1.90. The third-order valence-corrected chi connectivity index (χ3v) is 2.00. The molecule has 11 heavy (non-hydrogen) atoms. The summed E-state index contributed by atoms with van der Waals surface area (Å²) < 4.78 is 10.6. The second-order valence-corrected chi connectivity index (χ2v) is 4.10. The molecule has 0 atom stereocenters. The van der Waals surface area contributed by atoms with Crippen molar-refractivity contribution in [3.63, 3.8) is 0 Å². The first-order valence-corrected chi connectivity index (χ1v) is 4.73. The van der Waals surface area contributed by atoms with E-state index in [2.05, 4.69) is 36.7 Å². The number of hydrogen-bond acceptors (Lipinski definition) is 2. The van der Waals surface area contributed by atoms with Gasteiger partial charge in [-0.15, -0.1) is 0 Å². The van der Waals surface area contributed by atoms with Crippen LogP contribution in [0.2, 0.25) is 0 Å². The molecule has 2 nitrogen and oxygen atoms in total. The van der Waals surface area contributed by atoms with Crippen molar-refractivity contribution in [2.75, 3.05) is 12.1 Å². The SMILES string of the molecule is CC(C)(C)C1=C(CBr)OCO1. The first-order valence-electron chi connectivity index (χ1n) is 3.61. The predicted molar refractivity (Wildman–Crippen MR) is 47.3 cm³/mol. The van der Waals surface area contributed by atoms with E-state index >= 15 is 0 Å². The van der Waals surface area contributed by atoms with Gasteiger partial charge in [-0.25, -0.2) is 0 Å². The Morgan fingerprint density at radius 2 is 2.00 bits per heavy atom. The van der Waals surface area contributed by atoms with Crippen molar-refractivity contribution in [1.29, 1.82) is 0 Å². The minimum absolute atomic E-state index is 0.0552. The van der Waals surface area contributed by atoms with Gasteiger partial charge in [-0.1, -0.05) is 36.7 Å². The highest BCUT2D eigenvalue weighted by atomic mass is 79.9. The van der Waals surface area contributed by atoms with E-state index in [9.17, 15) is 0 Å². The third kappa shape index (κ3) is 1.89. The quantitative estimate of drug-likeness (QED) is 0.633. The van der Waals surface area contributed by atoms with Gasteiger partial charge in [-0.05, 0) is 0 Å². The molecule has 0 aromatic carbocycles. The van der Waals surface area contributed by atoms with Crippen molar-refractivity contribution in [3.05, 3.63) is 11.5 Å². The molecule has 0 radical (unpaired) electrons. The minimum Gasteiger partial charge on any atom is -0.458 e. The van der Waals surface area contributed by atoms with E-state index in [0.29, 0.717) is 6.79 Å². The molecule has 0 N–H and O–H groups in total. The third-order valence-electron chi connectivity index (χ3n) is 1.49. The highest BCUT2D eigenvalue weighted by Crippen LogP contribution is 2.33. The number of alkyl halides is 1. The minimum atomic E-state index is 0.0552. The highest BCUT2D eigenvalue weighted by molar-refractivity contribution is 9.09. The largest absolute Gasteiger partial charge is 0.458 e. The van der Waals surface area contributed by atoms with Crippen LogP contribution in [0.1, 0.15) is 20.8 Å². The summed E-state index contributed by atoms with van der Waals surface area (Å²) in [6.07, 6.45) is 0. The van der Waals surface area contributed by atoms with Crippen LogP contribution in [-0.4, -0.2) is 12.1 Å². The number of hydrogen-bond donors (Lipinski definition) is 0. The van der Waals surface area contributed by atoms with Crippen LogP contribution >= 0.6 is 15.9 Å². The second-order valence-electron chi connectivity index (χ2n) is 3.54. The lowest BCUT2D eigenvalue weighted by Gasteiger charge is -2.18. The normalized spacial score (nSPS) is 18.2. The van der Waals surface area contributed by atoms with E-state index in [0.717, 1.165) is 16.8 Å². The molecule has 0 unspecified atom stereocenters. The van der Waals surface area contributed by atoms with E-state index < -0.39 is 0 Å². The van der Waals surface area contributed by atoms with Gasteiger partial charge in [0.2, 0.25) is 6.79 Å². The first kappa shape index (κ1) is 8.91. The molecule has 0 amide bonds. The standard InChI is InChI=1S/C8H13BrO2/c1-8(2,3)7-6(4-9)10-5-11-7/h4-5H2,1-3H3. The summed E-state index contributed by atoms with van der Waals surface area (Å²) in [6.45, 7) is 6.70. The molecule has 1 aliphatic rings. The maximum absolute atomic E-state index is 5.35. The van der Waals surface area contributed by atoms with Crippen LogP contribution in [0, 0.1) is 5.41 Å². The van der Waals surface area contributed by atoms with Gasteiger partial charge < -0.3 is 9.47 Å². The molecule has 0 aliphatic carbocycles. The zero-order valence-electron chi connectivity index (χ0n) is 7.11. The van der Waals surface area contributed by atoms with Crippen LogP contribution in [0.15, 0.2) is 11.5 Å². The number of rotatable bonds is 1. The number of allylic oxidation sites excluding steroid dienone is 2. The Morgan fingerprint density at radius 3 is 2.36 bits per heavy atom. The van der Waals surface area contributed by atoms with Crippen molar-refractivity contribution in [3.8, 4) is 0 Å². The van der Waals surface area contributed by atoms with Gasteiger partial charge in [0.1, 0.15) is 11.5 Å². The summed E-state index contributed by atoms with van der Waals surface area (Å²) in [5.41, 5.74) is 0.0552.